The Morgan fingerprint density at radius 2 is 1.77 bits per heavy atom. The van der Waals surface area contributed by atoms with Crippen molar-refractivity contribution >= 4 is 16.9 Å². The number of nitrogens with zero attached hydrogens (tertiary/aromatic N) is 2. The summed E-state index contributed by atoms with van der Waals surface area (Å²) in [7, 11) is 0. The lowest BCUT2D eigenvalue weighted by molar-refractivity contribution is -0.121. The highest BCUT2D eigenvalue weighted by atomic mass is 16.5. The van der Waals surface area contributed by atoms with Crippen molar-refractivity contribution in [2.24, 2.45) is 0 Å². The molecule has 1 heterocycles. The number of ether oxygens (including phenoxy) is 1. The lowest BCUT2D eigenvalue weighted by atomic mass is 10.1. The fourth-order valence-corrected chi connectivity index (χ4v) is 4.37. The number of hydrogen-bond acceptors (Lipinski definition) is 3. The molecule has 35 heavy (non-hydrogen) atoms. The molecule has 0 radical (unpaired) electrons. The summed E-state index contributed by atoms with van der Waals surface area (Å²) in [6.45, 7) is 9.20. The molecule has 5 nitrogen and oxygen atoms in total. The molecule has 1 aromatic heterocycles. The fraction of sp³-hybridized carbons (Fsp3) is 0.267. The van der Waals surface area contributed by atoms with Crippen molar-refractivity contribution in [1.29, 1.82) is 0 Å². The predicted molar refractivity (Wildman–Crippen MR) is 142 cm³/mol. The van der Waals surface area contributed by atoms with Gasteiger partial charge in [0.25, 0.3) is 0 Å². The lowest BCUT2D eigenvalue weighted by Gasteiger charge is -2.17. The van der Waals surface area contributed by atoms with Gasteiger partial charge in [-0.25, -0.2) is 4.98 Å². The van der Waals surface area contributed by atoms with Crippen LogP contribution in [0.1, 0.15) is 41.9 Å². The summed E-state index contributed by atoms with van der Waals surface area (Å²) in [6, 6.07) is 24.0. The normalized spacial score (nSPS) is 11.8. The van der Waals surface area contributed by atoms with Crippen LogP contribution in [0.25, 0.3) is 11.0 Å². The lowest BCUT2D eigenvalue weighted by Crippen LogP contribution is -2.30. The number of carbonyl (C=O) groups excluding carboxylic acids is 1. The van der Waals surface area contributed by atoms with Gasteiger partial charge in [0, 0.05) is 6.54 Å². The van der Waals surface area contributed by atoms with Crippen LogP contribution in [0, 0.1) is 6.92 Å². The minimum atomic E-state index is -0.215. The van der Waals surface area contributed by atoms with Gasteiger partial charge in [-0.3, -0.25) is 4.79 Å². The minimum absolute atomic E-state index is 0.00688. The second-order valence-electron chi connectivity index (χ2n) is 8.81. The zero-order valence-corrected chi connectivity index (χ0v) is 20.5. The molecule has 4 aromatic rings. The number of benzene rings is 3. The number of carbonyl (C=O) groups is 1. The molecule has 180 valence electrons. The van der Waals surface area contributed by atoms with Crippen LogP contribution < -0.4 is 10.1 Å². The highest BCUT2D eigenvalue weighted by Crippen LogP contribution is 2.23. The van der Waals surface area contributed by atoms with E-state index in [1.165, 1.54) is 0 Å². The predicted octanol–water partition coefficient (Wildman–Crippen LogP) is 5.96. The molecule has 3 aromatic carbocycles. The number of aromatic nitrogens is 2. The molecule has 5 heteroatoms. The summed E-state index contributed by atoms with van der Waals surface area (Å²) in [5.74, 6) is 1.75. The molecule has 0 aliphatic carbocycles. The van der Waals surface area contributed by atoms with Crippen molar-refractivity contribution in [2.75, 3.05) is 6.61 Å². The van der Waals surface area contributed by atoms with Gasteiger partial charge in [-0.15, -0.1) is 6.58 Å². The molecular weight excluding hydrogens is 434 g/mol. The van der Waals surface area contributed by atoms with E-state index in [4.69, 9.17) is 9.72 Å². The van der Waals surface area contributed by atoms with Crippen LogP contribution in [0.15, 0.2) is 85.5 Å². The van der Waals surface area contributed by atoms with E-state index in [0.717, 1.165) is 58.7 Å². The van der Waals surface area contributed by atoms with Crippen LogP contribution in [0.4, 0.5) is 0 Å². The van der Waals surface area contributed by atoms with E-state index < -0.39 is 0 Å². The van der Waals surface area contributed by atoms with Crippen molar-refractivity contribution in [3.63, 3.8) is 0 Å². The maximum atomic E-state index is 12.8. The Morgan fingerprint density at radius 3 is 2.57 bits per heavy atom. The largest absolute Gasteiger partial charge is 0.493 e. The molecule has 1 unspecified atom stereocenters. The van der Waals surface area contributed by atoms with Gasteiger partial charge in [-0.05, 0) is 61.6 Å². The first-order valence-electron chi connectivity index (χ1n) is 12.2. The summed E-state index contributed by atoms with van der Waals surface area (Å²) in [5, 5.41) is 3.15. The van der Waals surface area contributed by atoms with Crippen molar-refractivity contribution in [3.8, 4) is 5.75 Å². The Morgan fingerprint density at radius 1 is 1.06 bits per heavy atom. The zero-order chi connectivity index (χ0) is 24.6. The van der Waals surface area contributed by atoms with Gasteiger partial charge in [0.2, 0.25) is 5.91 Å². The summed E-state index contributed by atoms with van der Waals surface area (Å²) < 4.78 is 8.29. The van der Waals surface area contributed by atoms with Gasteiger partial charge < -0.3 is 14.6 Å². The number of nitrogens with one attached hydrogen (secondary N) is 1. The van der Waals surface area contributed by atoms with Crippen molar-refractivity contribution in [2.45, 2.75) is 45.7 Å². The smallest absolute Gasteiger partial charge is 0.225 e. The van der Waals surface area contributed by atoms with E-state index in [2.05, 4.69) is 28.6 Å². The summed E-state index contributed by atoms with van der Waals surface area (Å²) in [4.78, 5) is 17.7. The SMILES string of the molecule is C=CCc1ccccc1OCCCn1c(C(C)NC(=O)Cc2ccccc2C)nc2ccccc21. The molecule has 1 N–H and O–H groups in total. The molecule has 0 fully saturated rings. The van der Waals surface area contributed by atoms with Gasteiger partial charge in [-0.2, -0.15) is 0 Å². The number of aryl methyl sites for hydroxylation is 2. The topological polar surface area (TPSA) is 56.1 Å². The Bertz CT molecular complexity index is 1310. The number of hydrogen-bond donors (Lipinski definition) is 1. The van der Waals surface area contributed by atoms with Gasteiger partial charge in [0.15, 0.2) is 0 Å². The molecule has 0 saturated carbocycles. The molecule has 1 atom stereocenters. The highest BCUT2D eigenvalue weighted by Gasteiger charge is 2.19. The van der Waals surface area contributed by atoms with Crippen LogP contribution in [0.2, 0.25) is 0 Å². The molecule has 4 rings (SSSR count). The number of para-hydroxylation sites is 3. The molecule has 0 aliphatic rings. The first-order valence-corrected chi connectivity index (χ1v) is 12.2. The van der Waals surface area contributed by atoms with E-state index in [1.54, 1.807) is 0 Å². The zero-order valence-electron chi connectivity index (χ0n) is 20.5. The standard InChI is InChI=1S/C30H33N3O2/c1-4-12-24-14-7-10-18-28(24)35-20-11-19-33-27-17-9-8-16-26(27)32-30(33)23(3)31-29(34)21-25-15-6-5-13-22(25)2/h4-10,13-18,23H,1,11-12,19-21H2,2-3H3,(H,31,34). The number of imidazole rings is 1. The Hall–Kier alpha value is -3.86. The first-order chi connectivity index (χ1) is 17.1. The highest BCUT2D eigenvalue weighted by molar-refractivity contribution is 5.80. The average Bonchev–Trinajstić information content (AvgIpc) is 3.23. The first kappa shape index (κ1) is 24.3. The van der Waals surface area contributed by atoms with E-state index in [1.807, 2.05) is 80.6 Å². The van der Waals surface area contributed by atoms with Crippen LogP contribution >= 0.6 is 0 Å². The van der Waals surface area contributed by atoms with E-state index in [-0.39, 0.29) is 11.9 Å². The number of rotatable bonds is 11. The monoisotopic (exact) mass is 467 g/mol. The molecule has 0 bridgehead atoms. The fourth-order valence-electron chi connectivity index (χ4n) is 4.37. The van der Waals surface area contributed by atoms with Crippen LogP contribution in [0.3, 0.4) is 0 Å². The minimum Gasteiger partial charge on any atom is -0.493 e. The number of allylic oxidation sites excluding steroid dienone is 1. The second kappa shape index (κ2) is 11.5. The Labute approximate surface area is 207 Å². The molecule has 0 aliphatic heterocycles. The third kappa shape index (κ3) is 5.99. The van der Waals surface area contributed by atoms with E-state index in [9.17, 15) is 4.79 Å². The Balaban J connectivity index is 1.44. The summed E-state index contributed by atoms with van der Waals surface area (Å²) in [5.41, 5.74) is 5.30. The Kier molecular flexibility index (Phi) is 7.99. The van der Waals surface area contributed by atoms with Crippen LogP contribution in [-0.2, 0) is 24.2 Å². The molecular formula is C30H33N3O2. The van der Waals surface area contributed by atoms with Crippen molar-refractivity contribution in [3.05, 3.63) is 108 Å². The molecule has 0 saturated heterocycles. The average molecular weight is 468 g/mol. The van der Waals surface area contributed by atoms with Gasteiger partial charge in [0.05, 0.1) is 30.1 Å². The van der Waals surface area contributed by atoms with Crippen molar-refractivity contribution in [1.82, 2.24) is 14.9 Å². The quantitative estimate of drug-likeness (QED) is 0.219. The summed E-state index contributed by atoms with van der Waals surface area (Å²) >= 11 is 0. The molecule has 0 spiro atoms. The molecule has 1 amide bonds. The van der Waals surface area contributed by atoms with Gasteiger partial charge in [-0.1, -0.05) is 60.7 Å². The van der Waals surface area contributed by atoms with E-state index in [0.29, 0.717) is 13.0 Å². The van der Waals surface area contributed by atoms with Crippen LogP contribution in [0.5, 0.6) is 5.75 Å². The maximum absolute atomic E-state index is 12.8. The number of amides is 1. The third-order valence-electron chi connectivity index (χ3n) is 6.18. The van der Waals surface area contributed by atoms with Gasteiger partial charge in [0.1, 0.15) is 11.6 Å². The maximum Gasteiger partial charge on any atom is 0.225 e. The third-order valence-corrected chi connectivity index (χ3v) is 6.18. The van der Waals surface area contributed by atoms with Crippen LogP contribution in [-0.4, -0.2) is 22.1 Å². The number of fused-ring (bicyclic) bond motifs is 1. The van der Waals surface area contributed by atoms with Gasteiger partial charge >= 0.3 is 0 Å². The summed E-state index contributed by atoms with van der Waals surface area (Å²) in [6.07, 6.45) is 3.85. The second-order valence-corrected chi connectivity index (χ2v) is 8.81. The van der Waals surface area contributed by atoms with E-state index >= 15 is 0 Å². The van der Waals surface area contributed by atoms with Crippen molar-refractivity contribution < 1.29 is 9.53 Å².